The zero-order valence-electron chi connectivity index (χ0n) is 10.2. The van der Waals surface area contributed by atoms with Gasteiger partial charge in [-0.2, -0.15) is 5.10 Å². The van der Waals surface area contributed by atoms with Crippen molar-refractivity contribution in [2.45, 2.75) is 33.4 Å². The summed E-state index contributed by atoms with van der Waals surface area (Å²) in [4.78, 5) is 4.20. The van der Waals surface area contributed by atoms with Crippen LogP contribution in [0.4, 0.5) is 14.5 Å². The second-order valence-corrected chi connectivity index (χ2v) is 3.93. The van der Waals surface area contributed by atoms with E-state index in [4.69, 9.17) is 4.42 Å². The molecule has 0 bridgehead atoms. The summed E-state index contributed by atoms with van der Waals surface area (Å²) in [7, 11) is 0. The van der Waals surface area contributed by atoms with E-state index in [1.165, 1.54) is 17.1 Å². The Morgan fingerprint density at radius 2 is 2.22 bits per heavy atom. The second kappa shape index (κ2) is 5.16. The molecule has 0 atom stereocenters. The van der Waals surface area contributed by atoms with Crippen LogP contribution in [0, 0.1) is 13.8 Å². The number of hydrogen-bond acceptors (Lipinski definition) is 4. The van der Waals surface area contributed by atoms with Gasteiger partial charge in [0.25, 0.3) is 6.43 Å². The molecule has 0 fully saturated rings. The Morgan fingerprint density at radius 1 is 1.44 bits per heavy atom. The predicted molar refractivity (Wildman–Crippen MR) is 61.5 cm³/mol. The maximum absolute atomic E-state index is 12.1. The second-order valence-electron chi connectivity index (χ2n) is 3.93. The van der Waals surface area contributed by atoms with Crippen LogP contribution in [0.5, 0.6) is 0 Å². The van der Waals surface area contributed by atoms with Gasteiger partial charge in [-0.25, -0.2) is 13.8 Å². The van der Waals surface area contributed by atoms with Crippen LogP contribution in [0.15, 0.2) is 16.8 Å². The van der Waals surface area contributed by atoms with E-state index in [2.05, 4.69) is 15.4 Å². The van der Waals surface area contributed by atoms with Crippen molar-refractivity contribution in [2.75, 3.05) is 5.32 Å². The number of hydrogen-bond donors (Lipinski definition) is 1. The molecule has 0 aliphatic rings. The van der Waals surface area contributed by atoms with Crippen molar-refractivity contribution >= 4 is 5.69 Å². The van der Waals surface area contributed by atoms with Gasteiger partial charge in [-0.1, -0.05) is 0 Å². The van der Waals surface area contributed by atoms with Gasteiger partial charge in [0.2, 0.25) is 0 Å². The molecule has 0 aliphatic heterocycles. The number of anilines is 1. The number of alkyl halides is 2. The number of nitrogens with zero attached hydrogens (tertiary/aromatic N) is 3. The molecule has 5 nitrogen and oxygen atoms in total. The van der Waals surface area contributed by atoms with E-state index in [9.17, 15) is 8.78 Å². The molecule has 1 N–H and O–H groups in total. The topological polar surface area (TPSA) is 55.9 Å². The first-order chi connectivity index (χ1) is 8.54. The molecule has 2 aromatic heterocycles. The van der Waals surface area contributed by atoms with Gasteiger partial charge < -0.3 is 9.73 Å². The Labute approximate surface area is 103 Å². The molecule has 0 aromatic carbocycles. The average molecular weight is 256 g/mol. The molecule has 0 unspecified atom stereocenters. The van der Waals surface area contributed by atoms with E-state index in [1.807, 2.05) is 6.92 Å². The van der Waals surface area contributed by atoms with E-state index in [0.29, 0.717) is 18.1 Å². The van der Waals surface area contributed by atoms with Gasteiger partial charge in [0.05, 0.1) is 18.4 Å². The first-order valence-corrected chi connectivity index (χ1v) is 5.52. The highest BCUT2D eigenvalue weighted by atomic mass is 19.3. The molecule has 7 heteroatoms. The maximum Gasteiger partial charge on any atom is 0.257 e. The summed E-state index contributed by atoms with van der Waals surface area (Å²) in [6.07, 6.45) is 0.636. The molecular weight excluding hydrogens is 242 g/mol. The third-order valence-corrected chi connectivity index (χ3v) is 2.42. The van der Waals surface area contributed by atoms with Crippen molar-refractivity contribution in [2.24, 2.45) is 0 Å². The Hall–Kier alpha value is -1.92. The van der Waals surface area contributed by atoms with E-state index >= 15 is 0 Å². The molecule has 98 valence electrons. The smallest absolute Gasteiger partial charge is 0.257 e. The number of rotatable bonds is 5. The normalized spacial score (nSPS) is 11.2. The average Bonchev–Trinajstić information content (AvgIpc) is 2.82. The first-order valence-electron chi connectivity index (χ1n) is 5.52. The highest BCUT2D eigenvalue weighted by Gasteiger charge is 2.08. The lowest BCUT2D eigenvalue weighted by molar-refractivity contribution is 0.122. The minimum Gasteiger partial charge on any atom is -0.446 e. The van der Waals surface area contributed by atoms with E-state index < -0.39 is 13.0 Å². The van der Waals surface area contributed by atoms with Gasteiger partial charge in [0.15, 0.2) is 5.89 Å². The Bertz CT molecular complexity index is 521. The quantitative estimate of drug-likeness (QED) is 0.892. The summed E-state index contributed by atoms with van der Waals surface area (Å²) in [6, 6.07) is 0. The zero-order valence-corrected chi connectivity index (χ0v) is 10.2. The zero-order chi connectivity index (χ0) is 13.1. The summed E-state index contributed by atoms with van der Waals surface area (Å²) >= 11 is 0. The highest BCUT2D eigenvalue weighted by Crippen LogP contribution is 2.12. The minimum atomic E-state index is -2.40. The van der Waals surface area contributed by atoms with Gasteiger partial charge in [0.1, 0.15) is 18.0 Å². The third-order valence-electron chi connectivity index (χ3n) is 2.42. The number of nitrogens with one attached hydrogen (secondary N) is 1. The largest absolute Gasteiger partial charge is 0.446 e. The lowest BCUT2D eigenvalue weighted by atomic mass is 10.3. The molecular formula is C11H14F2N4O. The van der Waals surface area contributed by atoms with Crippen LogP contribution < -0.4 is 5.32 Å². The number of aryl methyl sites for hydroxylation is 2. The molecule has 18 heavy (non-hydrogen) atoms. The van der Waals surface area contributed by atoms with Crippen molar-refractivity contribution in [3.63, 3.8) is 0 Å². The van der Waals surface area contributed by atoms with Crippen molar-refractivity contribution in [1.29, 1.82) is 0 Å². The van der Waals surface area contributed by atoms with Crippen molar-refractivity contribution in [1.82, 2.24) is 14.8 Å². The van der Waals surface area contributed by atoms with Crippen LogP contribution in [-0.2, 0) is 13.1 Å². The SMILES string of the molecule is Cc1nc(CNc2cnn(CC(F)F)c2)c(C)o1. The van der Waals surface area contributed by atoms with Gasteiger partial charge in [-0.05, 0) is 6.92 Å². The molecule has 0 saturated heterocycles. The van der Waals surface area contributed by atoms with E-state index in [0.717, 1.165) is 11.5 Å². The van der Waals surface area contributed by atoms with E-state index in [-0.39, 0.29) is 0 Å². The Balaban J connectivity index is 1.94. The van der Waals surface area contributed by atoms with Crippen molar-refractivity contribution in [3.8, 4) is 0 Å². The fourth-order valence-corrected chi connectivity index (χ4v) is 1.62. The van der Waals surface area contributed by atoms with Gasteiger partial charge in [0, 0.05) is 13.1 Å². The van der Waals surface area contributed by atoms with Crippen molar-refractivity contribution < 1.29 is 13.2 Å². The van der Waals surface area contributed by atoms with Crippen LogP contribution in [-0.4, -0.2) is 21.2 Å². The summed E-state index contributed by atoms with van der Waals surface area (Å²) in [6.45, 7) is 3.68. The predicted octanol–water partition coefficient (Wildman–Crippen LogP) is 2.37. The third kappa shape index (κ3) is 3.06. The molecule has 0 amide bonds. The van der Waals surface area contributed by atoms with Crippen LogP contribution >= 0.6 is 0 Å². The minimum absolute atomic E-state index is 0.399. The number of oxazole rings is 1. The van der Waals surface area contributed by atoms with Crippen LogP contribution in [0.25, 0.3) is 0 Å². The van der Waals surface area contributed by atoms with Gasteiger partial charge >= 0.3 is 0 Å². The Morgan fingerprint density at radius 3 is 2.83 bits per heavy atom. The molecule has 0 saturated carbocycles. The summed E-state index contributed by atoms with van der Waals surface area (Å²) < 4.78 is 30.8. The molecule has 0 spiro atoms. The fourth-order valence-electron chi connectivity index (χ4n) is 1.62. The molecule has 2 aromatic rings. The first kappa shape index (κ1) is 12.5. The lowest BCUT2D eigenvalue weighted by Gasteiger charge is -2.01. The van der Waals surface area contributed by atoms with Crippen molar-refractivity contribution in [3.05, 3.63) is 29.7 Å². The highest BCUT2D eigenvalue weighted by molar-refractivity contribution is 5.38. The molecule has 0 radical (unpaired) electrons. The van der Waals surface area contributed by atoms with Crippen LogP contribution in [0.1, 0.15) is 17.3 Å². The molecule has 2 heterocycles. The molecule has 0 aliphatic carbocycles. The number of aromatic nitrogens is 3. The maximum atomic E-state index is 12.1. The summed E-state index contributed by atoms with van der Waals surface area (Å²) in [5, 5.41) is 6.88. The monoisotopic (exact) mass is 256 g/mol. The van der Waals surface area contributed by atoms with Gasteiger partial charge in [-0.15, -0.1) is 0 Å². The van der Waals surface area contributed by atoms with Crippen LogP contribution in [0.2, 0.25) is 0 Å². The summed E-state index contributed by atoms with van der Waals surface area (Å²) in [5.41, 5.74) is 1.48. The van der Waals surface area contributed by atoms with Crippen LogP contribution in [0.3, 0.4) is 0 Å². The fraction of sp³-hybridized carbons (Fsp3) is 0.455. The molecule has 2 rings (SSSR count). The lowest BCUT2D eigenvalue weighted by Crippen LogP contribution is -2.06. The standard InChI is InChI=1S/C11H14F2N4O/c1-7-10(16-8(2)18-7)4-14-9-3-15-17(5-9)6-11(12)13/h3,5,11,14H,4,6H2,1-2H3. The van der Waals surface area contributed by atoms with Gasteiger partial charge in [-0.3, -0.25) is 4.68 Å². The number of halogens is 2. The summed E-state index contributed by atoms with van der Waals surface area (Å²) in [5.74, 6) is 1.36. The van der Waals surface area contributed by atoms with E-state index in [1.54, 1.807) is 6.92 Å². The Kier molecular flexibility index (Phi) is 3.59.